The lowest BCUT2D eigenvalue weighted by molar-refractivity contribution is 0.0770. The Morgan fingerprint density at radius 3 is 2.87 bits per heavy atom. The summed E-state index contributed by atoms with van der Waals surface area (Å²) >= 11 is 0. The van der Waals surface area contributed by atoms with Crippen LogP contribution in [0.1, 0.15) is 30.1 Å². The average Bonchev–Trinajstić information content (AvgIpc) is 3.00. The highest BCUT2D eigenvalue weighted by atomic mass is 16.3. The van der Waals surface area contributed by atoms with Crippen molar-refractivity contribution in [1.82, 2.24) is 15.0 Å². The van der Waals surface area contributed by atoms with Gasteiger partial charge in [-0.05, 0) is 12.8 Å². The number of aliphatic hydroxyl groups is 2. The molecule has 2 rings (SSSR count). The first-order chi connectivity index (χ1) is 7.26. The van der Waals surface area contributed by atoms with Crippen LogP contribution in [0.25, 0.3) is 0 Å². The summed E-state index contributed by atoms with van der Waals surface area (Å²) in [7, 11) is 0. The molecule has 1 heterocycles. The van der Waals surface area contributed by atoms with E-state index in [1.807, 2.05) is 6.07 Å². The summed E-state index contributed by atoms with van der Waals surface area (Å²) in [6, 6.07) is 1.99. The fraction of sp³-hybridized carbons (Fsp3) is 0.667. The van der Waals surface area contributed by atoms with E-state index in [1.165, 1.54) is 4.68 Å². The van der Waals surface area contributed by atoms with Gasteiger partial charge in [-0.15, -0.1) is 5.10 Å². The van der Waals surface area contributed by atoms with Crippen LogP contribution >= 0.6 is 0 Å². The number of rotatable bonds is 4. The fourth-order valence-electron chi connectivity index (χ4n) is 1.55. The van der Waals surface area contributed by atoms with Gasteiger partial charge in [-0.1, -0.05) is 5.21 Å². The molecule has 1 saturated carbocycles. The van der Waals surface area contributed by atoms with Crippen LogP contribution in [0.15, 0.2) is 0 Å². The van der Waals surface area contributed by atoms with E-state index in [0.29, 0.717) is 11.6 Å². The van der Waals surface area contributed by atoms with Gasteiger partial charge in [0.1, 0.15) is 6.07 Å². The normalized spacial score (nSPS) is 17.4. The Morgan fingerprint density at radius 1 is 1.60 bits per heavy atom. The van der Waals surface area contributed by atoms with Gasteiger partial charge >= 0.3 is 0 Å². The Morgan fingerprint density at radius 2 is 2.33 bits per heavy atom. The lowest BCUT2D eigenvalue weighted by atomic mass is 10.2. The van der Waals surface area contributed by atoms with Crippen LogP contribution in [0.3, 0.4) is 0 Å². The van der Waals surface area contributed by atoms with Crippen LogP contribution in [-0.4, -0.2) is 37.9 Å². The van der Waals surface area contributed by atoms with Crippen molar-refractivity contribution < 1.29 is 10.2 Å². The van der Waals surface area contributed by atoms with Crippen molar-refractivity contribution in [3.05, 3.63) is 11.4 Å². The van der Waals surface area contributed by atoms with Gasteiger partial charge in [0, 0.05) is 5.92 Å². The topological polar surface area (TPSA) is 95.0 Å². The van der Waals surface area contributed by atoms with Crippen molar-refractivity contribution >= 4 is 0 Å². The highest BCUT2D eigenvalue weighted by Crippen LogP contribution is 2.40. The highest BCUT2D eigenvalue weighted by Gasteiger charge is 2.31. The summed E-state index contributed by atoms with van der Waals surface area (Å²) in [5.74, 6) is 0.348. The summed E-state index contributed by atoms with van der Waals surface area (Å²) in [5.41, 5.74) is 1.13. The molecule has 0 spiro atoms. The van der Waals surface area contributed by atoms with Crippen LogP contribution in [0, 0.1) is 11.3 Å². The SMILES string of the molecule is N#Cc1nnn(CC(O)CO)c1C1CC1. The molecule has 0 saturated heterocycles. The molecular formula is C9H12N4O2. The molecule has 1 aromatic rings. The van der Waals surface area contributed by atoms with E-state index in [1.54, 1.807) is 0 Å². The van der Waals surface area contributed by atoms with Gasteiger partial charge in [0.05, 0.1) is 24.9 Å². The fourth-order valence-corrected chi connectivity index (χ4v) is 1.55. The van der Waals surface area contributed by atoms with Crippen LogP contribution in [0.2, 0.25) is 0 Å². The third-order valence-corrected chi connectivity index (χ3v) is 2.44. The predicted molar refractivity (Wildman–Crippen MR) is 49.8 cm³/mol. The second kappa shape index (κ2) is 3.96. The number of aliphatic hydroxyl groups excluding tert-OH is 2. The average molecular weight is 208 g/mol. The highest BCUT2D eigenvalue weighted by molar-refractivity contribution is 5.30. The lowest BCUT2D eigenvalue weighted by Gasteiger charge is -2.09. The smallest absolute Gasteiger partial charge is 0.186 e. The maximum atomic E-state index is 9.30. The van der Waals surface area contributed by atoms with E-state index >= 15 is 0 Å². The molecule has 15 heavy (non-hydrogen) atoms. The minimum Gasteiger partial charge on any atom is -0.394 e. The zero-order valence-corrected chi connectivity index (χ0v) is 8.17. The van der Waals surface area contributed by atoms with Crippen molar-refractivity contribution in [2.75, 3.05) is 6.61 Å². The van der Waals surface area contributed by atoms with Gasteiger partial charge in [0.15, 0.2) is 5.69 Å². The standard InChI is InChI=1S/C9H12N4O2/c10-3-8-9(6-1-2-6)13(12-11-8)4-7(15)5-14/h6-7,14-15H,1-2,4-5H2. The molecule has 6 nitrogen and oxygen atoms in total. The Bertz CT molecular complexity index is 391. The first-order valence-electron chi connectivity index (χ1n) is 4.88. The van der Waals surface area contributed by atoms with Crippen LogP contribution in [0.5, 0.6) is 0 Å². The maximum Gasteiger partial charge on any atom is 0.186 e. The van der Waals surface area contributed by atoms with Gasteiger partial charge in [-0.25, -0.2) is 4.68 Å². The van der Waals surface area contributed by atoms with Crippen molar-refractivity contribution in [3.63, 3.8) is 0 Å². The first-order valence-corrected chi connectivity index (χ1v) is 4.88. The largest absolute Gasteiger partial charge is 0.394 e. The zero-order chi connectivity index (χ0) is 10.8. The van der Waals surface area contributed by atoms with E-state index < -0.39 is 6.10 Å². The molecule has 6 heteroatoms. The minimum atomic E-state index is -0.851. The van der Waals surface area contributed by atoms with Gasteiger partial charge < -0.3 is 10.2 Å². The molecule has 1 aliphatic carbocycles. The van der Waals surface area contributed by atoms with Crippen molar-refractivity contribution in [1.29, 1.82) is 5.26 Å². The molecule has 0 amide bonds. The van der Waals surface area contributed by atoms with Crippen LogP contribution in [-0.2, 0) is 6.54 Å². The summed E-state index contributed by atoms with van der Waals surface area (Å²) < 4.78 is 1.52. The predicted octanol–water partition coefficient (Wildman–Crippen LogP) is -0.620. The van der Waals surface area contributed by atoms with E-state index in [0.717, 1.165) is 18.5 Å². The number of nitriles is 1. The molecular weight excluding hydrogens is 196 g/mol. The molecule has 1 atom stereocenters. The Hall–Kier alpha value is -1.45. The van der Waals surface area contributed by atoms with Crippen LogP contribution in [0.4, 0.5) is 0 Å². The Balaban J connectivity index is 2.23. The molecule has 1 fully saturated rings. The van der Waals surface area contributed by atoms with E-state index in [4.69, 9.17) is 10.4 Å². The molecule has 0 radical (unpaired) electrons. The summed E-state index contributed by atoms with van der Waals surface area (Å²) in [4.78, 5) is 0. The van der Waals surface area contributed by atoms with Gasteiger partial charge in [-0.2, -0.15) is 5.26 Å². The van der Waals surface area contributed by atoms with Crippen molar-refractivity contribution in [2.45, 2.75) is 31.4 Å². The molecule has 2 N–H and O–H groups in total. The molecule has 80 valence electrons. The van der Waals surface area contributed by atoms with E-state index in [9.17, 15) is 5.11 Å². The summed E-state index contributed by atoms with van der Waals surface area (Å²) in [6.07, 6.45) is 1.23. The lowest BCUT2D eigenvalue weighted by Crippen LogP contribution is -2.22. The molecule has 0 aliphatic heterocycles. The molecule has 1 aromatic heterocycles. The third-order valence-electron chi connectivity index (χ3n) is 2.44. The molecule has 1 unspecified atom stereocenters. The van der Waals surface area contributed by atoms with Gasteiger partial charge in [-0.3, -0.25) is 0 Å². The first kappa shape index (κ1) is 10.1. The molecule has 0 aromatic carbocycles. The minimum absolute atomic E-state index is 0.191. The number of aromatic nitrogens is 3. The van der Waals surface area contributed by atoms with Gasteiger partial charge in [0.2, 0.25) is 0 Å². The van der Waals surface area contributed by atoms with E-state index in [-0.39, 0.29) is 13.2 Å². The molecule has 1 aliphatic rings. The van der Waals surface area contributed by atoms with E-state index in [2.05, 4.69) is 10.3 Å². The van der Waals surface area contributed by atoms with Crippen molar-refractivity contribution in [3.8, 4) is 6.07 Å². The summed E-state index contributed by atoms with van der Waals surface area (Å²) in [6.45, 7) is -0.122. The van der Waals surface area contributed by atoms with Gasteiger partial charge in [0.25, 0.3) is 0 Å². The number of hydrogen-bond donors (Lipinski definition) is 2. The van der Waals surface area contributed by atoms with Crippen LogP contribution < -0.4 is 0 Å². The Labute approximate surface area is 86.8 Å². The quantitative estimate of drug-likeness (QED) is 0.687. The maximum absolute atomic E-state index is 9.30. The number of hydrogen-bond acceptors (Lipinski definition) is 5. The second-order valence-corrected chi connectivity index (χ2v) is 3.73. The third kappa shape index (κ3) is 1.98. The number of nitrogens with zero attached hydrogens (tertiary/aromatic N) is 4. The molecule has 0 bridgehead atoms. The second-order valence-electron chi connectivity index (χ2n) is 3.73. The van der Waals surface area contributed by atoms with Crippen molar-refractivity contribution in [2.24, 2.45) is 0 Å². The Kier molecular flexibility index (Phi) is 2.66. The monoisotopic (exact) mass is 208 g/mol. The zero-order valence-electron chi connectivity index (χ0n) is 8.17. The summed E-state index contributed by atoms with van der Waals surface area (Å²) in [5, 5.41) is 34.4.